The summed E-state index contributed by atoms with van der Waals surface area (Å²) in [5.41, 5.74) is 8.94. The Kier molecular flexibility index (Phi) is 5.18. The third kappa shape index (κ3) is 3.67. The zero-order chi connectivity index (χ0) is 19.7. The van der Waals surface area contributed by atoms with E-state index in [0.717, 1.165) is 16.7 Å². The average Bonchev–Trinajstić information content (AvgIpc) is 2.70. The highest BCUT2D eigenvalue weighted by molar-refractivity contribution is 6.31. The molecule has 0 atom stereocenters. The van der Waals surface area contributed by atoms with Crippen LogP contribution in [0.1, 0.15) is 11.1 Å². The standard InChI is InChI=1S/C22H17Cl2N3O/c23-17-6-2-5-16(10-17)21-26-20-11-18(24)7-8-19(20)22(28)27(21)13-15-4-1-3-14(9-15)12-25/h1-11H,12-13,25H2. The third-order valence-electron chi connectivity index (χ3n) is 4.57. The smallest absolute Gasteiger partial charge is 0.261 e. The lowest BCUT2D eigenvalue weighted by atomic mass is 10.1. The van der Waals surface area contributed by atoms with Gasteiger partial charge in [-0.05, 0) is 41.5 Å². The summed E-state index contributed by atoms with van der Waals surface area (Å²) in [5.74, 6) is 0.542. The van der Waals surface area contributed by atoms with Gasteiger partial charge < -0.3 is 5.73 Å². The number of hydrogen-bond acceptors (Lipinski definition) is 3. The van der Waals surface area contributed by atoms with Crippen LogP contribution in [0.4, 0.5) is 0 Å². The Bertz CT molecular complexity index is 1230. The molecule has 0 aliphatic heterocycles. The molecule has 1 heterocycles. The normalized spacial score (nSPS) is 11.1. The van der Waals surface area contributed by atoms with Crippen molar-refractivity contribution in [2.75, 3.05) is 0 Å². The van der Waals surface area contributed by atoms with Crippen LogP contribution in [-0.2, 0) is 13.1 Å². The number of aromatic nitrogens is 2. The molecule has 4 nitrogen and oxygen atoms in total. The zero-order valence-electron chi connectivity index (χ0n) is 14.9. The van der Waals surface area contributed by atoms with Crippen LogP contribution in [0.15, 0.2) is 71.5 Å². The first-order chi connectivity index (χ1) is 13.5. The summed E-state index contributed by atoms with van der Waals surface area (Å²) in [7, 11) is 0. The first-order valence-corrected chi connectivity index (χ1v) is 9.54. The largest absolute Gasteiger partial charge is 0.326 e. The van der Waals surface area contributed by atoms with Gasteiger partial charge in [0.25, 0.3) is 5.56 Å². The Morgan fingerprint density at radius 3 is 2.43 bits per heavy atom. The highest BCUT2D eigenvalue weighted by Crippen LogP contribution is 2.24. The molecule has 28 heavy (non-hydrogen) atoms. The van der Waals surface area contributed by atoms with Crippen molar-refractivity contribution in [3.8, 4) is 11.4 Å². The van der Waals surface area contributed by atoms with Crippen LogP contribution in [-0.4, -0.2) is 9.55 Å². The Labute approximate surface area is 172 Å². The van der Waals surface area contributed by atoms with E-state index in [0.29, 0.717) is 39.9 Å². The molecule has 0 amide bonds. The van der Waals surface area contributed by atoms with Crippen LogP contribution in [0.25, 0.3) is 22.3 Å². The van der Waals surface area contributed by atoms with Crippen LogP contribution in [0.5, 0.6) is 0 Å². The Morgan fingerprint density at radius 1 is 0.893 bits per heavy atom. The van der Waals surface area contributed by atoms with Crippen molar-refractivity contribution >= 4 is 34.1 Å². The molecule has 0 bridgehead atoms. The van der Waals surface area contributed by atoms with Crippen LogP contribution in [0.3, 0.4) is 0 Å². The molecule has 0 aliphatic carbocycles. The molecule has 0 saturated heterocycles. The molecule has 0 aliphatic rings. The van der Waals surface area contributed by atoms with E-state index in [2.05, 4.69) is 0 Å². The minimum absolute atomic E-state index is 0.130. The SMILES string of the molecule is NCc1cccc(Cn2c(-c3cccc(Cl)c3)nc3cc(Cl)ccc3c2=O)c1. The van der Waals surface area contributed by atoms with Gasteiger partial charge in [-0.25, -0.2) is 4.98 Å². The molecular weight excluding hydrogens is 393 g/mol. The van der Waals surface area contributed by atoms with E-state index in [4.69, 9.17) is 33.9 Å². The fourth-order valence-electron chi connectivity index (χ4n) is 3.23. The molecule has 4 aromatic rings. The second-order valence-electron chi connectivity index (χ2n) is 6.52. The fourth-order valence-corrected chi connectivity index (χ4v) is 3.58. The van der Waals surface area contributed by atoms with Gasteiger partial charge in [0.1, 0.15) is 5.82 Å². The summed E-state index contributed by atoms with van der Waals surface area (Å²) in [5, 5.41) is 1.63. The number of rotatable bonds is 4. The minimum Gasteiger partial charge on any atom is -0.326 e. The lowest BCUT2D eigenvalue weighted by molar-refractivity contribution is 0.758. The van der Waals surface area contributed by atoms with E-state index >= 15 is 0 Å². The van der Waals surface area contributed by atoms with Gasteiger partial charge in [-0.1, -0.05) is 59.6 Å². The van der Waals surface area contributed by atoms with Crippen molar-refractivity contribution in [2.45, 2.75) is 13.1 Å². The molecule has 2 N–H and O–H groups in total. The summed E-state index contributed by atoms with van der Waals surface area (Å²) in [6, 6.07) is 20.3. The van der Waals surface area contributed by atoms with Crippen molar-refractivity contribution in [1.82, 2.24) is 9.55 Å². The highest BCUT2D eigenvalue weighted by atomic mass is 35.5. The van der Waals surface area contributed by atoms with E-state index in [1.54, 1.807) is 34.9 Å². The highest BCUT2D eigenvalue weighted by Gasteiger charge is 2.14. The van der Waals surface area contributed by atoms with E-state index in [-0.39, 0.29) is 5.56 Å². The maximum atomic E-state index is 13.3. The fraction of sp³-hybridized carbons (Fsp3) is 0.0909. The Hall–Kier alpha value is -2.66. The van der Waals surface area contributed by atoms with Crippen molar-refractivity contribution in [3.63, 3.8) is 0 Å². The van der Waals surface area contributed by atoms with Gasteiger partial charge in [-0.15, -0.1) is 0 Å². The first kappa shape index (κ1) is 18.7. The number of hydrogen-bond donors (Lipinski definition) is 1. The molecule has 0 saturated carbocycles. The van der Waals surface area contributed by atoms with Gasteiger partial charge >= 0.3 is 0 Å². The lowest BCUT2D eigenvalue weighted by Gasteiger charge is -2.15. The van der Waals surface area contributed by atoms with Gasteiger partial charge in [0, 0.05) is 22.2 Å². The molecule has 1 aromatic heterocycles. The molecule has 6 heteroatoms. The van der Waals surface area contributed by atoms with E-state index < -0.39 is 0 Å². The van der Waals surface area contributed by atoms with Crippen LogP contribution in [0.2, 0.25) is 10.0 Å². The van der Waals surface area contributed by atoms with Gasteiger partial charge in [0.2, 0.25) is 0 Å². The summed E-state index contributed by atoms with van der Waals surface area (Å²) in [4.78, 5) is 18.0. The third-order valence-corrected chi connectivity index (χ3v) is 5.04. The molecular formula is C22H17Cl2N3O. The molecule has 0 spiro atoms. The van der Waals surface area contributed by atoms with Crippen molar-refractivity contribution in [3.05, 3.63) is 98.3 Å². The summed E-state index contributed by atoms with van der Waals surface area (Å²) in [6.07, 6.45) is 0. The average molecular weight is 410 g/mol. The van der Waals surface area contributed by atoms with Crippen LogP contribution >= 0.6 is 23.2 Å². The second kappa shape index (κ2) is 7.76. The van der Waals surface area contributed by atoms with Crippen molar-refractivity contribution in [2.24, 2.45) is 5.73 Å². The van der Waals surface area contributed by atoms with E-state index in [9.17, 15) is 4.79 Å². The van der Waals surface area contributed by atoms with Crippen molar-refractivity contribution in [1.29, 1.82) is 0 Å². The molecule has 3 aromatic carbocycles. The predicted molar refractivity (Wildman–Crippen MR) is 115 cm³/mol. The van der Waals surface area contributed by atoms with Crippen LogP contribution in [0, 0.1) is 0 Å². The predicted octanol–water partition coefficient (Wildman–Crippen LogP) is 4.88. The topological polar surface area (TPSA) is 60.9 Å². The number of halogens is 2. The maximum Gasteiger partial charge on any atom is 0.261 e. The van der Waals surface area contributed by atoms with Gasteiger partial charge in [0.05, 0.1) is 17.4 Å². The monoisotopic (exact) mass is 409 g/mol. The zero-order valence-corrected chi connectivity index (χ0v) is 16.4. The number of nitrogens with two attached hydrogens (primary N) is 1. The van der Waals surface area contributed by atoms with E-state index in [1.165, 1.54) is 0 Å². The van der Waals surface area contributed by atoms with Gasteiger partial charge in [-0.2, -0.15) is 0 Å². The van der Waals surface area contributed by atoms with Gasteiger partial charge in [0.15, 0.2) is 0 Å². The molecule has 4 rings (SSSR count). The maximum absolute atomic E-state index is 13.3. The molecule has 0 fully saturated rings. The summed E-state index contributed by atoms with van der Waals surface area (Å²) < 4.78 is 1.66. The molecule has 0 unspecified atom stereocenters. The number of nitrogens with zero attached hydrogens (tertiary/aromatic N) is 2. The lowest BCUT2D eigenvalue weighted by Crippen LogP contribution is -2.24. The minimum atomic E-state index is -0.130. The number of benzene rings is 3. The van der Waals surface area contributed by atoms with Crippen LogP contribution < -0.4 is 11.3 Å². The first-order valence-electron chi connectivity index (χ1n) is 8.79. The van der Waals surface area contributed by atoms with E-state index in [1.807, 2.05) is 36.4 Å². The van der Waals surface area contributed by atoms with Crippen molar-refractivity contribution < 1.29 is 0 Å². The molecule has 140 valence electrons. The number of fused-ring (bicyclic) bond motifs is 1. The van der Waals surface area contributed by atoms with Gasteiger partial charge in [-0.3, -0.25) is 9.36 Å². The second-order valence-corrected chi connectivity index (χ2v) is 7.40. The summed E-state index contributed by atoms with van der Waals surface area (Å²) >= 11 is 12.3. The molecule has 0 radical (unpaired) electrons. The Morgan fingerprint density at radius 2 is 1.64 bits per heavy atom. The summed E-state index contributed by atoms with van der Waals surface area (Å²) in [6.45, 7) is 0.818. The Balaban J connectivity index is 1.96. The quantitative estimate of drug-likeness (QED) is 0.522.